The molecule has 0 rings (SSSR count). The lowest BCUT2D eigenvalue weighted by Crippen LogP contribution is -2.19. The molecule has 53 valence electrons. The zero-order valence-electron chi connectivity index (χ0n) is 5.64. The SMILES string of the molecule is [CH2]CCNOC(=O)CC. The van der Waals surface area contributed by atoms with Crippen LogP contribution in [0.5, 0.6) is 0 Å². The summed E-state index contributed by atoms with van der Waals surface area (Å²) in [6.45, 7) is 5.92. The van der Waals surface area contributed by atoms with Crippen LogP contribution in [-0.2, 0) is 9.63 Å². The molecular weight excluding hydrogens is 118 g/mol. The normalized spacial score (nSPS) is 9.11. The molecule has 0 aliphatic heterocycles. The van der Waals surface area contributed by atoms with E-state index in [0.717, 1.165) is 6.42 Å². The van der Waals surface area contributed by atoms with E-state index in [1.54, 1.807) is 6.92 Å². The topological polar surface area (TPSA) is 38.3 Å². The molecule has 0 aromatic heterocycles. The minimum absolute atomic E-state index is 0.233. The number of carbonyl (C=O) groups is 1. The van der Waals surface area contributed by atoms with Gasteiger partial charge in [0, 0.05) is 13.0 Å². The van der Waals surface area contributed by atoms with Crippen LogP contribution in [0.4, 0.5) is 0 Å². The number of hydrogen-bond acceptors (Lipinski definition) is 3. The summed E-state index contributed by atoms with van der Waals surface area (Å²) in [4.78, 5) is 14.9. The van der Waals surface area contributed by atoms with Crippen LogP contribution in [0.3, 0.4) is 0 Å². The van der Waals surface area contributed by atoms with E-state index in [9.17, 15) is 4.79 Å². The first kappa shape index (κ1) is 8.43. The summed E-state index contributed by atoms with van der Waals surface area (Å²) in [6, 6.07) is 0. The molecule has 0 aliphatic carbocycles. The van der Waals surface area contributed by atoms with Gasteiger partial charge in [-0.1, -0.05) is 13.8 Å². The van der Waals surface area contributed by atoms with Gasteiger partial charge in [0.1, 0.15) is 0 Å². The first-order valence-corrected chi connectivity index (χ1v) is 3.03. The maximum atomic E-state index is 10.4. The average Bonchev–Trinajstić information content (AvgIpc) is 1.89. The third-order valence-electron chi connectivity index (χ3n) is 0.754. The molecule has 0 bridgehead atoms. The van der Waals surface area contributed by atoms with Gasteiger partial charge in [0.2, 0.25) is 0 Å². The fourth-order valence-corrected chi connectivity index (χ4v) is 0.276. The molecule has 0 saturated heterocycles. The Labute approximate surface area is 55.3 Å². The molecule has 0 atom stereocenters. The zero-order chi connectivity index (χ0) is 7.11. The average molecular weight is 130 g/mol. The minimum Gasteiger partial charge on any atom is -0.371 e. The van der Waals surface area contributed by atoms with Crippen molar-refractivity contribution in [2.75, 3.05) is 6.54 Å². The molecule has 0 saturated carbocycles. The number of hydrogen-bond donors (Lipinski definition) is 1. The van der Waals surface area contributed by atoms with Crippen molar-refractivity contribution in [1.29, 1.82) is 0 Å². The van der Waals surface area contributed by atoms with Crippen LogP contribution in [0.1, 0.15) is 19.8 Å². The van der Waals surface area contributed by atoms with E-state index in [0.29, 0.717) is 13.0 Å². The molecule has 1 radical (unpaired) electrons. The highest BCUT2D eigenvalue weighted by molar-refractivity contribution is 5.68. The van der Waals surface area contributed by atoms with Crippen LogP contribution >= 0.6 is 0 Å². The van der Waals surface area contributed by atoms with Crippen LogP contribution in [0, 0.1) is 6.92 Å². The van der Waals surface area contributed by atoms with Gasteiger partial charge in [-0.25, -0.2) is 0 Å². The second-order valence-electron chi connectivity index (χ2n) is 1.58. The van der Waals surface area contributed by atoms with Crippen LogP contribution in [-0.4, -0.2) is 12.5 Å². The van der Waals surface area contributed by atoms with E-state index in [2.05, 4.69) is 17.2 Å². The van der Waals surface area contributed by atoms with E-state index < -0.39 is 0 Å². The van der Waals surface area contributed by atoms with Crippen LogP contribution in [0.15, 0.2) is 0 Å². The molecule has 3 nitrogen and oxygen atoms in total. The van der Waals surface area contributed by atoms with Crippen molar-refractivity contribution in [3.8, 4) is 0 Å². The van der Waals surface area contributed by atoms with Gasteiger partial charge < -0.3 is 4.84 Å². The molecule has 0 fully saturated rings. The molecule has 0 amide bonds. The summed E-state index contributed by atoms with van der Waals surface area (Å²) >= 11 is 0. The number of nitrogens with one attached hydrogen (secondary N) is 1. The first-order valence-electron chi connectivity index (χ1n) is 3.03. The monoisotopic (exact) mass is 130 g/mol. The van der Waals surface area contributed by atoms with Crippen molar-refractivity contribution in [3.05, 3.63) is 6.92 Å². The van der Waals surface area contributed by atoms with E-state index in [-0.39, 0.29) is 5.97 Å². The van der Waals surface area contributed by atoms with Crippen LogP contribution in [0.2, 0.25) is 0 Å². The van der Waals surface area contributed by atoms with Crippen LogP contribution < -0.4 is 5.48 Å². The smallest absolute Gasteiger partial charge is 0.324 e. The Morgan fingerprint density at radius 1 is 1.78 bits per heavy atom. The molecule has 0 aliphatic rings. The van der Waals surface area contributed by atoms with Crippen molar-refractivity contribution >= 4 is 5.97 Å². The number of carbonyl (C=O) groups excluding carboxylic acids is 1. The lowest BCUT2D eigenvalue weighted by atomic mass is 10.5. The van der Waals surface area contributed by atoms with Crippen molar-refractivity contribution in [2.24, 2.45) is 0 Å². The molecule has 0 spiro atoms. The van der Waals surface area contributed by atoms with E-state index in [1.165, 1.54) is 0 Å². The Morgan fingerprint density at radius 3 is 2.89 bits per heavy atom. The molecule has 9 heavy (non-hydrogen) atoms. The molecule has 3 heteroatoms. The highest BCUT2D eigenvalue weighted by atomic mass is 16.7. The maximum absolute atomic E-state index is 10.4. The van der Waals surface area contributed by atoms with Crippen LogP contribution in [0.25, 0.3) is 0 Å². The first-order chi connectivity index (χ1) is 4.31. The summed E-state index contributed by atoms with van der Waals surface area (Å²) in [5.41, 5.74) is 2.47. The van der Waals surface area contributed by atoms with Gasteiger partial charge in [0.15, 0.2) is 0 Å². The van der Waals surface area contributed by atoms with E-state index in [4.69, 9.17) is 0 Å². The van der Waals surface area contributed by atoms with Gasteiger partial charge in [0.25, 0.3) is 0 Å². The second kappa shape index (κ2) is 5.56. The highest BCUT2D eigenvalue weighted by Gasteiger charge is 1.94. The van der Waals surface area contributed by atoms with E-state index >= 15 is 0 Å². The zero-order valence-corrected chi connectivity index (χ0v) is 5.64. The molecule has 0 aromatic rings. The molecule has 1 N–H and O–H groups in total. The Balaban J connectivity index is 2.97. The van der Waals surface area contributed by atoms with E-state index in [1.807, 2.05) is 0 Å². The number of hydroxylamine groups is 1. The fourth-order valence-electron chi connectivity index (χ4n) is 0.276. The largest absolute Gasteiger partial charge is 0.371 e. The van der Waals surface area contributed by atoms with Gasteiger partial charge in [-0.05, 0) is 6.42 Å². The van der Waals surface area contributed by atoms with Gasteiger partial charge in [-0.3, -0.25) is 4.79 Å². The molecule has 0 aromatic carbocycles. The Bertz CT molecular complexity index is 83.1. The maximum Gasteiger partial charge on any atom is 0.324 e. The fraction of sp³-hybridized carbons (Fsp3) is 0.667. The highest BCUT2D eigenvalue weighted by Crippen LogP contribution is 1.79. The lowest BCUT2D eigenvalue weighted by Gasteiger charge is -2.00. The van der Waals surface area contributed by atoms with Crippen molar-refractivity contribution < 1.29 is 9.63 Å². The Hall–Kier alpha value is -0.570. The van der Waals surface area contributed by atoms with Gasteiger partial charge in [-0.2, -0.15) is 5.48 Å². The third kappa shape index (κ3) is 5.30. The number of rotatable bonds is 4. The summed E-state index contributed by atoms with van der Waals surface area (Å²) in [5.74, 6) is -0.233. The minimum atomic E-state index is -0.233. The Kier molecular flexibility index (Phi) is 5.21. The van der Waals surface area contributed by atoms with Crippen molar-refractivity contribution in [2.45, 2.75) is 19.8 Å². The molecule has 0 heterocycles. The van der Waals surface area contributed by atoms with Gasteiger partial charge >= 0.3 is 5.97 Å². The summed E-state index contributed by atoms with van der Waals surface area (Å²) in [5, 5.41) is 0. The lowest BCUT2D eigenvalue weighted by molar-refractivity contribution is -0.150. The van der Waals surface area contributed by atoms with Gasteiger partial charge in [0.05, 0.1) is 0 Å². The third-order valence-corrected chi connectivity index (χ3v) is 0.754. The van der Waals surface area contributed by atoms with Crippen molar-refractivity contribution in [3.63, 3.8) is 0 Å². The summed E-state index contributed by atoms with van der Waals surface area (Å²) in [6.07, 6.45) is 1.13. The molecule has 0 unspecified atom stereocenters. The predicted octanol–water partition coefficient (Wildman–Crippen LogP) is 0.668. The summed E-state index contributed by atoms with van der Waals surface area (Å²) < 4.78 is 0. The van der Waals surface area contributed by atoms with Crippen molar-refractivity contribution in [1.82, 2.24) is 5.48 Å². The quantitative estimate of drug-likeness (QED) is 0.449. The second-order valence-corrected chi connectivity index (χ2v) is 1.58. The summed E-state index contributed by atoms with van der Waals surface area (Å²) in [7, 11) is 0. The van der Waals surface area contributed by atoms with Gasteiger partial charge in [-0.15, -0.1) is 0 Å². The standard InChI is InChI=1S/C6H12NO2/c1-3-5-7-9-6(8)4-2/h7H,1,3-5H2,2H3. The molecular formula is C6H12NO2. The predicted molar refractivity (Wildman–Crippen MR) is 34.4 cm³/mol. The Morgan fingerprint density at radius 2 is 2.44 bits per heavy atom.